The van der Waals surface area contributed by atoms with E-state index in [0.717, 1.165) is 0 Å². The lowest BCUT2D eigenvalue weighted by Crippen LogP contribution is -1.80. The lowest BCUT2D eigenvalue weighted by molar-refractivity contribution is 0.614. The van der Waals surface area contributed by atoms with E-state index in [1.54, 1.807) is 0 Å². The summed E-state index contributed by atoms with van der Waals surface area (Å²) in [5.74, 6) is 0. The third kappa shape index (κ3) is 2.01. The van der Waals surface area contributed by atoms with Crippen molar-refractivity contribution in [2.75, 3.05) is 0 Å². The maximum absolute atomic E-state index is 10.5. The molecule has 0 atom stereocenters. The highest BCUT2D eigenvalue weighted by Gasteiger charge is 2.02. The fourth-order valence-corrected chi connectivity index (χ4v) is 1.54. The minimum absolute atomic E-state index is 0.111. The molecular formula is C6H4INO3S. The van der Waals surface area contributed by atoms with Gasteiger partial charge in [0.1, 0.15) is 5.69 Å². The average Bonchev–Trinajstić information content (AvgIpc) is 2.05. The molecule has 0 amide bonds. The lowest BCUT2D eigenvalue weighted by Gasteiger charge is -1.94. The molecule has 0 aromatic heterocycles. The molecule has 0 N–H and O–H groups in total. The first-order valence-electron chi connectivity index (χ1n) is 2.92. The van der Waals surface area contributed by atoms with Crippen molar-refractivity contribution in [3.05, 3.63) is 26.7 Å². The second-order valence-electron chi connectivity index (χ2n) is 1.98. The molecule has 0 spiro atoms. The molecule has 0 radical (unpaired) electrons. The number of halogens is 1. The first-order chi connectivity index (χ1) is 5.65. The Labute approximate surface area is 84.0 Å². The summed E-state index contributed by atoms with van der Waals surface area (Å²) < 4.78 is 21.6. The Kier molecular flexibility index (Phi) is 3.15. The van der Waals surface area contributed by atoms with Gasteiger partial charge in [0.05, 0.1) is 4.90 Å². The van der Waals surface area contributed by atoms with Crippen LogP contribution in [0.1, 0.15) is 0 Å². The third-order valence-corrected chi connectivity index (χ3v) is 2.85. The molecule has 0 fully saturated rings. The lowest BCUT2D eigenvalue weighted by atomic mass is 10.3. The molecule has 0 bridgehead atoms. The molecule has 4 nitrogen and oxygen atoms in total. The highest BCUT2D eigenvalue weighted by Crippen LogP contribution is 2.22. The van der Waals surface area contributed by atoms with Gasteiger partial charge in [-0.1, -0.05) is 0 Å². The fraction of sp³-hybridized carbons (Fsp3) is 0. The van der Waals surface area contributed by atoms with Crippen LogP contribution in [0.5, 0.6) is 0 Å². The molecule has 1 aromatic carbocycles. The van der Waals surface area contributed by atoms with Gasteiger partial charge < -0.3 is 0 Å². The Balaban J connectivity index is 3.31. The molecule has 0 aliphatic heterocycles. The van der Waals surface area contributed by atoms with Crippen LogP contribution in [0.4, 0.5) is 5.69 Å². The van der Waals surface area contributed by atoms with Crippen molar-refractivity contribution in [2.24, 2.45) is 5.18 Å². The summed E-state index contributed by atoms with van der Waals surface area (Å²) in [6.07, 6.45) is 0. The van der Waals surface area contributed by atoms with Crippen LogP contribution in [0, 0.1) is 8.48 Å². The van der Waals surface area contributed by atoms with Crippen molar-refractivity contribution in [2.45, 2.75) is 4.90 Å². The monoisotopic (exact) mass is 297 g/mol. The van der Waals surface area contributed by atoms with Crippen molar-refractivity contribution in [3.8, 4) is 0 Å². The van der Waals surface area contributed by atoms with Gasteiger partial charge in [-0.05, 0) is 46.0 Å². The second kappa shape index (κ2) is 3.94. The summed E-state index contributed by atoms with van der Waals surface area (Å²) in [7, 11) is -2.63. The Bertz CT molecular complexity index is 380. The van der Waals surface area contributed by atoms with E-state index in [2.05, 4.69) is 5.18 Å². The number of nitroso groups, excluding NO2 is 1. The summed E-state index contributed by atoms with van der Waals surface area (Å²) in [5, 5.41) is 2.69. The molecule has 0 heterocycles. The average molecular weight is 297 g/mol. The zero-order valence-electron chi connectivity index (χ0n) is 5.73. The van der Waals surface area contributed by atoms with Gasteiger partial charge in [0.25, 0.3) is 0 Å². The van der Waals surface area contributed by atoms with E-state index in [-0.39, 0.29) is 10.6 Å². The molecular weight excluding hydrogens is 293 g/mol. The number of thiol groups is 1. The normalized spacial score (nSPS) is 10.2. The van der Waals surface area contributed by atoms with E-state index in [1.807, 2.05) is 22.6 Å². The summed E-state index contributed by atoms with van der Waals surface area (Å²) in [5.41, 5.74) is 0.160. The molecule has 0 aliphatic rings. The van der Waals surface area contributed by atoms with Crippen molar-refractivity contribution in [3.63, 3.8) is 0 Å². The Hall–Kier alpha value is -0.500. The van der Waals surface area contributed by atoms with Crippen LogP contribution in [-0.4, -0.2) is 8.42 Å². The van der Waals surface area contributed by atoms with Crippen molar-refractivity contribution >= 4 is 39.0 Å². The summed E-state index contributed by atoms with van der Waals surface area (Å²) in [4.78, 5) is 10.3. The van der Waals surface area contributed by atoms with Gasteiger partial charge in [-0.3, -0.25) is 0 Å². The van der Waals surface area contributed by atoms with E-state index < -0.39 is 10.7 Å². The topological polar surface area (TPSA) is 63.6 Å². The van der Waals surface area contributed by atoms with Crippen LogP contribution in [0.2, 0.25) is 0 Å². The molecule has 12 heavy (non-hydrogen) atoms. The van der Waals surface area contributed by atoms with Crippen LogP contribution >= 0.6 is 22.6 Å². The molecule has 6 heteroatoms. The Morgan fingerprint density at radius 2 is 2.00 bits per heavy atom. The zero-order chi connectivity index (χ0) is 9.14. The van der Waals surface area contributed by atoms with E-state index in [0.29, 0.717) is 3.57 Å². The van der Waals surface area contributed by atoms with Crippen LogP contribution in [0.3, 0.4) is 0 Å². The number of hydrogen-bond donors (Lipinski definition) is 1. The van der Waals surface area contributed by atoms with Gasteiger partial charge in [-0.25, -0.2) is 8.42 Å². The van der Waals surface area contributed by atoms with Crippen LogP contribution in [0.15, 0.2) is 28.3 Å². The quantitative estimate of drug-likeness (QED) is 0.513. The van der Waals surface area contributed by atoms with Gasteiger partial charge >= 0.3 is 0 Å². The first-order valence-corrected chi connectivity index (χ1v) is 5.18. The summed E-state index contributed by atoms with van der Waals surface area (Å²) >= 11 is 1.91. The second-order valence-corrected chi connectivity index (χ2v) is 4.18. The summed E-state index contributed by atoms with van der Waals surface area (Å²) in [6.45, 7) is 0. The van der Waals surface area contributed by atoms with Crippen molar-refractivity contribution < 1.29 is 8.42 Å². The fourth-order valence-electron chi connectivity index (χ4n) is 0.685. The minimum atomic E-state index is -2.63. The minimum Gasteiger partial charge on any atom is -0.227 e. The van der Waals surface area contributed by atoms with E-state index in [1.165, 1.54) is 18.2 Å². The molecule has 1 rings (SSSR count). The first kappa shape index (κ1) is 9.59. The van der Waals surface area contributed by atoms with Gasteiger partial charge in [0.2, 0.25) is 0 Å². The van der Waals surface area contributed by atoms with Crippen LogP contribution in [0.25, 0.3) is 0 Å². The third-order valence-electron chi connectivity index (χ3n) is 1.24. The van der Waals surface area contributed by atoms with E-state index in [4.69, 9.17) is 0 Å². The maximum atomic E-state index is 10.5. The smallest absolute Gasteiger partial charge is 0.168 e. The standard InChI is InChI=1S/C6H4INO3S/c7-5-2-1-4(12(10)11)3-6(5)8-9/h1-3,12H. The largest absolute Gasteiger partial charge is 0.227 e. The van der Waals surface area contributed by atoms with Gasteiger partial charge in [-0.15, -0.1) is 4.91 Å². The van der Waals surface area contributed by atoms with Gasteiger partial charge in [0.15, 0.2) is 10.7 Å². The molecule has 0 saturated carbocycles. The highest BCUT2D eigenvalue weighted by atomic mass is 127. The van der Waals surface area contributed by atoms with Gasteiger partial charge in [-0.2, -0.15) is 0 Å². The van der Waals surface area contributed by atoms with E-state index in [9.17, 15) is 13.3 Å². The summed E-state index contributed by atoms with van der Waals surface area (Å²) in [6, 6.07) is 4.22. The predicted molar refractivity (Wildman–Crippen MR) is 53.2 cm³/mol. The number of benzene rings is 1. The van der Waals surface area contributed by atoms with Crippen LogP contribution < -0.4 is 0 Å². The SMILES string of the molecule is O=Nc1cc([SH](=O)=O)ccc1I. The Morgan fingerprint density at radius 3 is 2.50 bits per heavy atom. The molecule has 1 aromatic rings. The highest BCUT2D eigenvalue weighted by molar-refractivity contribution is 14.1. The van der Waals surface area contributed by atoms with Crippen molar-refractivity contribution in [1.82, 2.24) is 0 Å². The number of rotatable bonds is 2. The number of nitrogens with zero attached hydrogens (tertiary/aromatic N) is 1. The molecule has 0 unspecified atom stereocenters. The number of hydrogen-bond acceptors (Lipinski definition) is 4. The predicted octanol–water partition coefficient (Wildman–Crippen LogP) is 1.66. The van der Waals surface area contributed by atoms with Crippen LogP contribution in [-0.2, 0) is 10.7 Å². The molecule has 0 saturated heterocycles. The van der Waals surface area contributed by atoms with Crippen molar-refractivity contribution in [1.29, 1.82) is 0 Å². The van der Waals surface area contributed by atoms with Gasteiger partial charge in [0, 0.05) is 3.57 Å². The zero-order valence-corrected chi connectivity index (χ0v) is 8.78. The maximum Gasteiger partial charge on any atom is 0.168 e. The van der Waals surface area contributed by atoms with E-state index >= 15 is 0 Å². The molecule has 64 valence electrons. The molecule has 0 aliphatic carbocycles. The Morgan fingerprint density at radius 1 is 1.33 bits per heavy atom.